The Kier molecular flexibility index (Phi) is 11.2. The Morgan fingerprint density at radius 2 is 1.74 bits per heavy atom. The van der Waals surface area contributed by atoms with E-state index in [9.17, 15) is 4.79 Å². The van der Waals surface area contributed by atoms with Crippen molar-refractivity contribution >= 4 is 23.1 Å². The van der Waals surface area contributed by atoms with Gasteiger partial charge < -0.3 is 10.1 Å². The number of ketones is 1. The van der Waals surface area contributed by atoms with Gasteiger partial charge in [0.15, 0.2) is 5.78 Å². The molecule has 3 nitrogen and oxygen atoms in total. The molecule has 0 unspecified atom stereocenters. The van der Waals surface area contributed by atoms with Gasteiger partial charge in [-0.05, 0) is 93.5 Å². The lowest BCUT2D eigenvalue weighted by molar-refractivity contribution is 0.101. The molecule has 3 rings (SSSR count). The Bertz CT molecular complexity index is 974. The lowest BCUT2D eigenvalue weighted by Gasteiger charge is -2.30. The summed E-state index contributed by atoms with van der Waals surface area (Å²) in [4.78, 5) is 11.3. The number of hydrogen-bond donors (Lipinski definition) is 1. The molecule has 1 saturated carbocycles. The summed E-state index contributed by atoms with van der Waals surface area (Å²) in [6, 6.07) is 9.99. The Morgan fingerprint density at radius 1 is 1.09 bits per heavy atom. The SMILES string of the molecule is C=C(Nc1ccc(C)c(OC)c1)C1CCC(CCC)CC1.CCc1c(C)ccc(Cl)c1C(C)=O. The molecular formula is C30H42ClNO2. The summed E-state index contributed by atoms with van der Waals surface area (Å²) >= 11 is 5.95. The molecule has 2 aromatic rings. The molecule has 1 aliphatic rings. The average molecular weight is 484 g/mol. The first-order chi connectivity index (χ1) is 16.2. The van der Waals surface area contributed by atoms with Crippen LogP contribution >= 0.6 is 11.6 Å². The fraction of sp³-hybridized carbons (Fsp3) is 0.500. The van der Waals surface area contributed by atoms with Gasteiger partial charge in [0.05, 0.1) is 12.1 Å². The molecule has 4 heteroatoms. The van der Waals surface area contributed by atoms with Gasteiger partial charge in [-0.2, -0.15) is 0 Å². The molecule has 0 heterocycles. The number of Topliss-reactive ketones (excluding diaryl/α,β-unsaturated/α-hetero) is 1. The van der Waals surface area contributed by atoms with Gasteiger partial charge in [0.25, 0.3) is 0 Å². The van der Waals surface area contributed by atoms with Gasteiger partial charge in [0.1, 0.15) is 5.75 Å². The minimum absolute atomic E-state index is 0.0468. The number of allylic oxidation sites excluding steroid dienone is 1. The highest BCUT2D eigenvalue weighted by molar-refractivity contribution is 6.34. The van der Waals surface area contributed by atoms with Crippen LogP contribution in [-0.4, -0.2) is 12.9 Å². The highest BCUT2D eigenvalue weighted by Gasteiger charge is 2.22. The van der Waals surface area contributed by atoms with Crippen molar-refractivity contribution in [3.8, 4) is 5.75 Å². The van der Waals surface area contributed by atoms with Gasteiger partial charge in [-0.15, -0.1) is 0 Å². The van der Waals surface area contributed by atoms with Crippen molar-refractivity contribution in [2.75, 3.05) is 12.4 Å². The van der Waals surface area contributed by atoms with Gasteiger partial charge >= 0.3 is 0 Å². The second kappa shape index (κ2) is 13.6. The zero-order valence-electron chi connectivity index (χ0n) is 21.9. The Labute approximate surface area is 211 Å². The van der Waals surface area contributed by atoms with E-state index in [1.165, 1.54) is 38.5 Å². The van der Waals surface area contributed by atoms with Crippen molar-refractivity contribution in [1.29, 1.82) is 0 Å². The predicted octanol–water partition coefficient (Wildman–Crippen LogP) is 8.95. The first-order valence-electron chi connectivity index (χ1n) is 12.6. The van der Waals surface area contributed by atoms with Crippen LogP contribution < -0.4 is 10.1 Å². The molecule has 34 heavy (non-hydrogen) atoms. The smallest absolute Gasteiger partial charge is 0.161 e. The molecule has 1 N–H and O–H groups in total. The largest absolute Gasteiger partial charge is 0.496 e. The topological polar surface area (TPSA) is 38.3 Å². The molecule has 0 radical (unpaired) electrons. The number of halogens is 1. The highest BCUT2D eigenvalue weighted by atomic mass is 35.5. The van der Waals surface area contributed by atoms with Crippen molar-refractivity contribution in [1.82, 2.24) is 0 Å². The van der Waals surface area contributed by atoms with E-state index in [-0.39, 0.29) is 5.78 Å². The molecule has 0 bridgehead atoms. The van der Waals surface area contributed by atoms with Crippen LogP contribution in [0.15, 0.2) is 42.6 Å². The molecule has 186 valence electrons. The predicted molar refractivity (Wildman–Crippen MR) is 146 cm³/mol. The van der Waals surface area contributed by atoms with E-state index in [4.69, 9.17) is 16.3 Å². The van der Waals surface area contributed by atoms with Crippen LogP contribution in [0.5, 0.6) is 5.75 Å². The minimum atomic E-state index is 0.0468. The highest BCUT2D eigenvalue weighted by Crippen LogP contribution is 2.35. The van der Waals surface area contributed by atoms with Crippen molar-refractivity contribution < 1.29 is 9.53 Å². The van der Waals surface area contributed by atoms with Crippen molar-refractivity contribution in [3.63, 3.8) is 0 Å². The second-order valence-corrected chi connectivity index (χ2v) is 9.88. The van der Waals surface area contributed by atoms with Crippen LogP contribution in [0.25, 0.3) is 0 Å². The summed E-state index contributed by atoms with van der Waals surface area (Å²) in [6.45, 7) is 14.2. The zero-order valence-corrected chi connectivity index (χ0v) is 22.6. The van der Waals surface area contributed by atoms with E-state index in [2.05, 4.69) is 43.9 Å². The third-order valence-electron chi connectivity index (χ3n) is 6.95. The number of anilines is 1. The number of rotatable bonds is 8. The molecule has 1 fully saturated rings. The minimum Gasteiger partial charge on any atom is -0.496 e. The molecule has 0 aromatic heterocycles. The number of aryl methyl sites for hydroxylation is 2. The van der Waals surface area contributed by atoms with Crippen LogP contribution in [0.4, 0.5) is 5.69 Å². The van der Waals surface area contributed by atoms with E-state index >= 15 is 0 Å². The Balaban J connectivity index is 0.000000270. The first kappa shape index (κ1) is 28.0. The quantitative estimate of drug-likeness (QED) is 0.380. The third-order valence-corrected chi connectivity index (χ3v) is 7.27. The van der Waals surface area contributed by atoms with Gasteiger partial charge in [0, 0.05) is 23.0 Å². The third kappa shape index (κ3) is 7.63. The zero-order chi connectivity index (χ0) is 25.3. The summed E-state index contributed by atoms with van der Waals surface area (Å²) in [5, 5.41) is 4.05. The van der Waals surface area contributed by atoms with Crippen LogP contribution in [0.1, 0.15) is 86.3 Å². The molecule has 0 saturated heterocycles. The summed E-state index contributed by atoms with van der Waals surface area (Å²) in [5.41, 5.74) is 6.30. The fourth-order valence-corrected chi connectivity index (χ4v) is 5.26. The van der Waals surface area contributed by atoms with E-state index < -0.39 is 0 Å². The number of methoxy groups -OCH3 is 1. The summed E-state index contributed by atoms with van der Waals surface area (Å²) in [6.07, 6.45) is 8.83. The van der Waals surface area contributed by atoms with E-state index in [0.717, 1.165) is 46.2 Å². The maximum absolute atomic E-state index is 11.3. The molecule has 0 spiro atoms. The lowest BCUT2D eigenvalue weighted by atomic mass is 9.79. The van der Waals surface area contributed by atoms with Crippen molar-refractivity contribution in [3.05, 3.63) is 69.9 Å². The number of ether oxygens (including phenoxy) is 1. The molecule has 0 atom stereocenters. The first-order valence-corrected chi connectivity index (χ1v) is 13.0. The maximum Gasteiger partial charge on any atom is 0.161 e. The molecule has 2 aromatic carbocycles. The number of carbonyl (C=O) groups is 1. The van der Waals surface area contributed by atoms with Gasteiger partial charge in [-0.1, -0.05) is 57.0 Å². The number of benzene rings is 2. The van der Waals surface area contributed by atoms with Crippen LogP contribution in [0.2, 0.25) is 5.02 Å². The van der Waals surface area contributed by atoms with Gasteiger partial charge in [0.2, 0.25) is 0 Å². The average Bonchev–Trinajstić information content (AvgIpc) is 2.82. The Hall–Kier alpha value is -2.26. The van der Waals surface area contributed by atoms with E-state index in [1.807, 2.05) is 19.9 Å². The standard InChI is InChI=1S/C19H29NO.C11H13ClO/c1-5-6-16-8-10-17(11-9-16)15(3)20-18-12-7-14(2)19(13-18)21-4;1-4-9-7(2)5-6-10(12)11(9)8(3)13/h7,12-13,16-17,20H,3,5-6,8-11H2,1-2,4H3;5-6H,4H2,1-3H3. The monoisotopic (exact) mass is 483 g/mol. The van der Waals surface area contributed by atoms with Gasteiger partial charge in [-0.3, -0.25) is 4.79 Å². The molecule has 1 aliphatic carbocycles. The Morgan fingerprint density at radius 3 is 2.26 bits per heavy atom. The number of nitrogens with one attached hydrogen (secondary N) is 1. The lowest BCUT2D eigenvalue weighted by Crippen LogP contribution is -2.19. The fourth-order valence-electron chi connectivity index (χ4n) is 4.95. The summed E-state index contributed by atoms with van der Waals surface area (Å²) < 4.78 is 5.38. The molecule has 0 aliphatic heterocycles. The van der Waals surface area contributed by atoms with E-state index in [1.54, 1.807) is 20.1 Å². The molecular weight excluding hydrogens is 442 g/mol. The van der Waals surface area contributed by atoms with Crippen LogP contribution in [0, 0.1) is 25.7 Å². The van der Waals surface area contributed by atoms with Crippen molar-refractivity contribution in [2.24, 2.45) is 11.8 Å². The summed E-state index contributed by atoms with van der Waals surface area (Å²) in [5.74, 6) is 2.54. The van der Waals surface area contributed by atoms with Gasteiger partial charge in [-0.25, -0.2) is 0 Å². The van der Waals surface area contributed by atoms with Crippen LogP contribution in [0.3, 0.4) is 0 Å². The summed E-state index contributed by atoms with van der Waals surface area (Å²) in [7, 11) is 1.72. The van der Waals surface area contributed by atoms with E-state index in [0.29, 0.717) is 16.5 Å². The second-order valence-electron chi connectivity index (χ2n) is 9.47. The number of carbonyl (C=O) groups excluding carboxylic acids is 1. The number of hydrogen-bond acceptors (Lipinski definition) is 3. The normalized spacial score (nSPS) is 17.4. The van der Waals surface area contributed by atoms with Crippen molar-refractivity contribution in [2.45, 2.75) is 79.6 Å². The van der Waals surface area contributed by atoms with Crippen LogP contribution in [-0.2, 0) is 6.42 Å². The molecule has 0 amide bonds. The maximum atomic E-state index is 11.3.